The average molecular weight is 436 g/mol. The maximum Gasteiger partial charge on any atom is 0.303 e. The molecule has 0 aliphatic rings. The Morgan fingerprint density at radius 2 is 1.30 bits per heavy atom. The molecule has 0 aliphatic carbocycles. The molecule has 0 saturated heterocycles. The van der Waals surface area contributed by atoms with Crippen molar-refractivity contribution in [2.24, 2.45) is 0 Å². The Hall–Kier alpha value is -0.730. The Bertz CT molecular complexity index is 355. The number of carbonyl (C=O) groups is 1. The van der Waals surface area contributed by atoms with Gasteiger partial charge in [0, 0.05) is 26.1 Å². The fraction of sp³-hybridized carbons (Fsp3) is 0.957. The molecule has 0 amide bonds. The standard InChI is InChI=1S/C20H43NO4.C3H6O2/c1-3-5-6-7-8-9-10-11-12-13-15-25-18-19(22)16-21(14-4-2)17-20(23)24;1-2-3(4)5/h19-20,22-24H,3-18H2,1-2H3;2H2,1H3,(H,4,5). The van der Waals surface area contributed by atoms with Crippen LogP contribution in [0.5, 0.6) is 0 Å². The lowest BCUT2D eigenvalue weighted by atomic mass is 10.1. The Kier molecular flexibility index (Phi) is 25.7. The molecule has 182 valence electrons. The van der Waals surface area contributed by atoms with Gasteiger partial charge in [0.1, 0.15) is 0 Å². The summed E-state index contributed by atoms with van der Waals surface area (Å²) in [6.07, 6.45) is 12.2. The van der Waals surface area contributed by atoms with E-state index in [1.165, 1.54) is 57.8 Å². The number of rotatable bonds is 20. The fourth-order valence-corrected chi connectivity index (χ4v) is 3.07. The summed E-state index contributed by atoms with van der Waals surface area (Å²) in [6.45, 7) is 8.23. The fourth-order valence-electron chi connectivity index (χ4n) is 3.07. The molecule has 4 N–H and O–H groups in total. The van der Waals surface area contributed by atoms with Crippen LogP contribution in [0.15, 0.2) is 0 Å². The molecule has 0 heterocycles. The minimum absolute atomic E-state index is 0.170. The van der Waals surface area contributed by atoms with Crippen molar-refractivity contribution in [3.05, 3.63) is 0 Å². The number of ether oxygens (including phenoxy) is 1. The second-order valence-corrected chi connectivity index (χ2v) is 7.90. The van der Waals surface area contributed by atoms with E-state index >= 15 is 0 Å². The monoisotopic (exact) mass is 435 g/mol. The number of aliphatic hydroxyl groups excluding tert-OH is 2. The largest absolute Gasteiger partial charge is 0.481 e. The van der Waals surface area contributed by atoms with Crippen LogP contribution in [0.25, 0.3) is 0 Å². The highest BCUT2D eigenvalue weighted by Crippen LogP contribution is 2.10. The van der Waals surface area contributed by atoms with Crippen LogP contribution in [0.1, 0.15) is 97.8 Å². The molecule has 0 radical (unpaired) electrons. The Morgan fingerprint density at radius 1 is 0.800 bits per heavy atom. The van der Waals surface area contributed by atoms with Gasteiger partial charge in [-0.3, -0.25) is 9.69 Å². The SMILES string of the molecule is CCC(=O)O.CCCCCCCCCCCCOCC(O)CN(CCC)CC(O)O. The normalized spacial score (nSPS) is 12.1. The maximum absolute atomic E-state index is 9.99. The van der Waals surface area contributed by atoms with Crippen molar-refractivity contribution in [1.29, 1.82) is 0 Å². The van der Waals surface area contributed by atoms with E-state index in [0.717, 1.165) is 19.4 Å². The minimum Gasteiger partial charge on any atom is -0.481 e. The first-order chi connectivity index (χ1) is 14.4. The Labute approximate surface area is 184 Å². The number of hydrogen-bond acceptors (Lipinski definition) is 6. The summed E-state index contributed by atoms with van der Waals surface area (Å²) in [5.41, 5.74) is 0. The van der Waals surface area contributed by atoms with Crippen molar-refractivity contribution in [3.8, 4) is 0 Å². The van der Waals surface area contributed by atoms with E-state index in [2.05, 4.69) is 6.92 Å². The van der Waals surface area contributed by atoms with Crippen molar-refractivity contribution in [3.63, 3.8) is 0 Å². The molecule has 7 heteroatoms. The van der Waals surface area contributed by atoms with Crippen molar-refractivity contribution >= 4 is 5.97 Å². The summed E-state index contributed by atoms with van der Waals surface area (Å²) in [4.78, 5) is 11.2. The molecule has 0 aromatic carbocycles. The highest BCUT2D eigenvalue weighted by atomic mass is 16.5. The van der Waals surface area contributed by atoms with E-state index < -0.39 is 18.4 Å². The Balaban J connectivity index is 0. The summed E-state index contributed by atoms with van der Waals surface area (Å²) in [7, 11) is 0. The molecule has 30 heavy (non-hydrogen) atoms. The summed E-state index contributed by atoms with van der Waals surface area (Å²) < 4.78 is 5.55. The van der Waals surface area contributed by atoms with Crippen LogP contribution >= 0.6 is 0 Å². The van der Waals surface area contributed by atoms with Crippen LogP contribution in [0.2, 0.25) is 0 Å². The third-order valence-corrected chi connectivity index (χ3v) is 4.69. The van der Waals surface area contributed by atoms with Crippen molar-refractivity contribution in [2.75, 3.05) is 32.8 Å². The van der Waals surface area contributed by atoms with Gasteiger partial charge in [0.05, 0.1) is 12.7 Å². The molecule has 0 spiro atoms. The summed E-state index contributed by atoms with van der Waals surface area (Å²) in [6, 6.07) is 0. The van der Waals surface area contributed by atoms with Gasteiger partial charge in [-0.2, -0.15) is 0 Å². The van der Waals surface area contributed by atoms with Gasteiger partial charge in [-0.1, -0.05) is 78.6 Å². The third kappa shape index (κ3) is 27.3. The zero-order chi connectivity index (χ0) is 23.0. The lowest BCUT2D eigenvalue weighted by molar-refractivity contribution is -0.136. The molecular formula is C23H49NO6. The quantitative estimate of drug-likeness (QED) is 0.170. The van der Waals surface area contributed by atoms with E-state index in [0.29, 0.717) is 19.8 Å². The van der Waals surface area contributed by atoms with Gasteiger partial charge in [0.2, 0.25) is 0 Å². The van der Waals surface area contributed by atoms with Gasteiger partial charge < -0.3 is 25.2 Å². The number of aliphatic carboxylic acids is 1. The van der Waals surface area contributed by atoms with E-state index in [4.69, 9.17) is 20.1 Å². The van der Waals surface area contributed by atoms with Crippen LogP contribution in [0, 0.1) is 0 Å². The second-order valence-electron chi connectivity index (χ2n) is 7.90. The summed E-state index contributed by atoms with van der Waals surface area (Å²) in [5, 5.41) is 35.8. The highest BCUT2D eigenvalue weighted by Gasteiger charge is 2.13. The van der Waals surface area contributed by atoms with Crippen molar-refractivity contribution in [1.82, 2.24) is 4.90 Å². The first-order valence-corrected chi connectivity index (χ1v) is 11.9. The number of hydrogen-bond donors (Lipinski definition) is 4. The molecule has 0 saturated carbocycles. The Morgan fingerprint density at radius 3 is 1.73 bits per heavy atom. The van der Waals surface area contributed by atoms with Crippen LogP contribution < -0.4 is 0 Å². The van der Waals surface area contributed by atoms with Crippen molar-refractivity contribution in [2.45, 2.75) is 110 Å². The lowest BCUT2D eigenvalue weighted by Gasteiger charge is -2.25. The predicted molar refractivity (Wildman–Crippen MR) is 122 cm³/mol. The molecule has 0 bridgehead atoms. The number of unbranched alkanes of at least 4 members (excludes halogenated alkanes) is 9. The first kappa shape index (κ1) is 31.5. The van der Waals surface area contributed by atoms with Crippen molar-refractivity contribution < 1.29 is 30.0 Å². The molecule has 0 aromatic rings. The molecule has 0 aliphatic heterocycles. The average Bonchev–Trinajstić information content (AvgIpc) is 2.69. The topological polar surface area (TPSA) is 110 Å². The first-order valence-electron chi connectivity index (χ1n) is 11.9. The molecule has 0 aromatic heterocycles. The van der Waals surface area contributed by atoms with Crippen LogP contribution in [-0.2, 0) is 9.53 Å². The van der Waals surface area contributed by atoms with E-state index in [1.54, 1.807) is 6.92 Å². The number of carboxylic acids is 1. The van der Waals surface area contributed by atoms with Gasteiger partial charge in [-0.05, 0) is 19.4 Å². The minimum atomic E-state index is -1.36. The molecule has 1 atom stereocenters. The van der Waals surface area contributed by atoms with Gasteiger partial charge >= 0.3 is 5.97 Å². The molecular weight excluding hydrogens is 386 g/mol. The number of carboxylic acid groups (broad SMARTS) is 1. The molecule has 1 unspecified atom stereocenters. The predicted octanol–water partition coefficient (Wildman–Crippen LogP) is 3.79. The zero-order valence-electron chi connectivity index (χ0n) is 19.7. The molecule has 7 nitrogen and oxygen atoms in total. The molecule has 0 rings (SSSR count). The highest BCUT2D eigenvalue weighted by molar-refractivity contribution is 5.66. The van der Waals surface area contributed by atoms with E-state index in [9.17, 15) is 9.90 Å². The van der Waals surface area contributed by atoms with E-state index in [-0.39, 0.29) is 13.0 Å². The van der Waals surface area contributed by atoms with Crippen LogP contribution in [0.4, 0.5) is 0 Å². The summed E-state index contributed by atoms with van der Waals surface area (Å²) >= 11 is 0. The van der Waals surface area contributed by atoms with E-state index in [1.807, 2.05) is 11.8 Å². The number of aliphatic hydroxyl groups is 3. The second kappa shape index (κ2) is 24.5. The van der Waals surface area contributed by atoms with Crippen LogP contribution in [0.3, 0.4) is 0 Å². The third-order valence-electron chi connectivity index (χ3n) is 4.69. The number of nitrogens with zero attached hydrogens (tertiary/aromatic N) is 1. The molecule has 0 fully saturated rings. The van der Waals surface area contributed by atoms with Crippen LogP contribution in [-0.4, -0.2) is 76.5 Å². The van der Waals surface area contributed by atoms with Gasteiger partial charge in [0.25, 0.3) is 0 Å². The zero-order valence-corrected chi connectivity index (χ0v) is 19.7. The smallest absolute Gasteiger partial charge is 0.303 e. The van der Waals surface area contributed by atoms with Gasteiger partial charge in [0.15, 0.2) is 6.29 Å². The van der Waals surface area contributed by atoms with Gasteiger partial charge in [-0.15, -0.1) is 0 Å². The summed E-state index contributed by atoms with van der Waals surface area (Å²) in [5.74, 6) is -0.745. The maximum atomic E-state index is 9.99. The lowest BCUT2D eigenvalue weighted by Crippen LogP contribution is -2.40. The van der Waals surface area contributed by atoms with Gasteiger partial charge in [-0.25, -0.2) is 0 Å².